The highest BCUT2D eigenvalue weighted by atomic mass is 35.5. The molecule has 2 heterocycles. The van der Waals surface area contributed by atoms with E-state index in [2.05, 4.69) is 4.99 Å². The molecule has 2 aliphatic heterocycles. The zero-order valence-electron chi connectivity index (χ0n) is 15.3. The number of quaternary nitrogens is 1. The molecule has 0 aromatic heterocycles. The maximum absolute atomic E-state index is 13.0. The van der Waals surface area contributed by atoms with Crippen LogP contribution in [-0.2, 0) is 14.8 Å². The summed E-state index contributed by atoms with van der Waals surface area (Å²) in [6.07, 6.45) is -4.03. The number of rotatable bonds is 4. The summed E-state index contributed by atoms with van der Waals surface area (Å²) in [5.74, 6) is -0.963. The highest BCUT2D eigenvalue weighted by Gasteiger charge is 2.46. The van der Waals surface area contributed by atoms with Crippen molar-refractivity contribution in [3.63, 3.8) is 0 Å². The van der Waals surface area contributed by atoms with Gasteiger partial charge in [0, 0.05) is 19.2 Å². The van der Waals surface area contributed by atoms with Gasteiger partial charge in [-0.2, -0.15) is 4.99 Å². The van der Waals surface area contributed by atoms with Gasteiger partial charge in [0.1, 0.15) is 21.4 Å². The molecule has 1 amide bonds. The fourth-order valence-electron chi connectivity index (χ4n) is 2.81. The van der Waals surface area contributed by atoms with Crippen LogP contribution in [0.15, 0.2) is 50.7 Å². The minimum Gasteiger partial charge on any atom is -0.497 e. The van der Waals surface area contributed by atoms with Gasteiger partial charge >= 0.3 is 6.30 Å². The lowest BCUT2D eigenvalue weighted by Crippen LogP contribution is -3.14. The van der Waals surface area contributed by atoms with Crippen LogP contribution < -0.4 is 14.4 Å². The number of sulfonamides is 1. The number of aliphatic imine (C=N–C) groups is 1. The standard InChI is InChI=1S/C16H13Cl2F3N4O4S/c1-8-13(22-14-11(18)6-24(7-25(8)14)16(19,20)21)15(26)23-30(27,28)12-5-9(29-2)3-4-10(12)17/h3-6H,7H2,1-2H3,(H,23,26)/p+1. The summed E-state index contributed by atoms with van der Waals surface area (Å²) in [6.45, 7) is 0.742. The molecule has 162 valence electrons. The second-order valence-electron chi connectivity index (χ2n) is 6.22. The SMILES string of the molecule is COc1ccc(Cl)c(S(=O)(=O)NC(=O)C2=C(C)[NH+]3CN(C(F)(F)F)C=C(Cl)C3=N2)c1. The Morgan fingerprint density at radius 1 is 1.33 bits per heavy atom. The Morgan fingerprint density at radius 3 is 2.60 bits per heavy atom. The van der Waals surface area contributed by atoms with Crippen LogP contribution in [0.3, 0.4) is 0 Å². The average Bonchev–Trinajstić information content (AvgIpc) is 2.98. The first-order valence-electron chi connectivity index (χ1n) is 8.13. The van der Waals surface area contributed by atoms with E-state index in [1.165, 1.54) is 26.2 Å². The average molecular weight is 486 g/mol. The monoisotopic (exact) mass is 485 g/mol. The van der Waals surface area contributed by atoms with Gasteiger partial charge in [0.25, 0.3) is 21.8 Å². The molecule has 1 unspecified atom stereocenters. The molecule has 2 N–H and O–H groups in total. The molecule has 0 saturated carbocycles. The zero-order chi connectivity index (χ0) is 22.4. The second kappa shape index (κ2) is 7.76. The smallest absolute Gasteiger partial charge is 0.488 e. The topological polar surface area (TPSA) is 92.5 Å². The number of nitrogens with one attached hydrogen (secondary N) is 2. The van der Waals surface area contributed by atoms with Crippen molar-refractivity contribution in [2.45, 2.75) is 18.1 Å². The van der Waals surface area contributed by atoms with Gasteiger partial charge in [0.2, 0.25) is 0 Å². The third-order valence-corrected chi connectivity index (χ3v) is 6.43. The first kappa shape index (κ1) is 22.4. The lowest BCUT2D eigenvalue weighted by Gasteiger charge is -2.30. The Balaban J connectivity index is 1.90. The number of alkyl halides is 3. The van der Waals surface area contributed by atoms with Gasteiger partial charge in [0.05, 0.1) is 12.1 Å². The van der Waals surface area contributed by atoms with Crippen molar-refractivity contribution >= 4 is 45.0 Å². The third kappa shape index (κ3) is 4.13. The molecule has 2 aliphatic rings. The van der Waals surface area contributed by atoms with Gasteiger partial charge in [-0.3, -0.25) is 4.79 Å². The Kier molecular flexibility index (Phi) is 5.80. The first-order chi connectivity index (χ1) is 13.8. The summed E-state index contributed by atoms with van der Waals surface area (Å²) in [6, 6.07) is 3.83. The molecule has 0 aliphatic carbocycles. The van der Waals surface area contributed by atoms with Crippen LogP contribution in [0.1, 0.15) is 6.92 Å². The van der Waals surface area contributed by atoms with E-state index in [9.17, 15) is 26.4 Å². The van der Waals surface area contributed by atoms with Crippen molar-refractivity contribution in [2.24, 2.45) is 4.99 Å². The number of amidine groups is 1. The van der Waals surface area contributed by atoms with Gasteiger partial charge in [-0.05, 0) is 12.1 Å². The van der Waals surface area contributed by atoms with E-state index in [4.69, 9.17) is 27.9 Å². The van der Waals surface area contributed by atoms with Crippen LogP contribution >= 0.6 is 23.2 Å². The van der Waals surface area contributed by atoms with Crippen molar-refractivity contribution in [1.82, 2.24) is 9.62 Å². The Hall–Kier alpha value is -2.28. The fourth-order valence-corrected chi connectivity index (χ4v) is 4.56. The molecule has 0 saturated heterocycles. The van der Waals surface area contributed by atoms with E-state index in [-0.39, 0.29) is 42.8 Å². The van der Waals surface area contributed by atoms with E-state index in [1.807, 2.05) is 4.72 Å². The lowest BCUT2D eigenvalue weighted by atomic mass is 10.3. The van der Waals surface area contributed by atoms with Gasteiger partial charge < -0.3 is 4.74 Å². The molecule has 3 rings (SSSR count). The van der Waals surface area contributed by atoms with Crippen LogP contribution in [-0.4, -0.2) is 45.1 Å². The van der Waals surface area contributed by atoms with E-state index in [0.717, 1.165) is 6.07 Å². The number of amides is 1. The molecular formula is C16H14Cl2F3N4O4S+. The summed E-state index contributed by atoms with van der Waals surface area (Å²) < 4.78 is 71.1. The molecule has 0 bridgehead atoms. The first-order valence-corrected chi connectivity index (χ1v) is 10.4. The number of hydrogen-bond acceptors (Lipinski definition) is 6. The maximum Gasteiger partial charge on any atom is 0.488 e. The number of hydrogen-bond donors (Lipinski definition) is 2. The lowest BCUT2D eigenvalue weighted by molar-refractivity contribution is -0.778. The number of carbonyl (C=O) groups excluding carboxylic acids is 1. The van der Waals surface area contributed by atoms with E-state index >= 15 is 0 Å². The number of carbonyl (C=O) groups is 1. The fraction of sp³-hybridized carbons (Fsp3) is 0.250. The zero-order valence-corrected chi connectivity index (χ0v) is 17.7. The summed E-state index contributed by atoms with van der Waals surface area (Å²) in [5, 5.41) is -0.483. The van der Waals surface area contributed by atoms with Crippen LogP contribution in [0.2, 0.25) is 5.02 Å². The van der Waals surface area contributed by atoms with Gasteiger partial charge in [-0.25, -0.2) is 22.9 Å². The number of fused-ring (bicyclic) bond motifs is 1. The number of nitrogens with zero attached hydrogens (tertiary/aromatic N) is 2. The third-order valence-electron chi connectivity index (χ3n) is 4.34. The number of allylic oxidation sites excluding steroid dienone is 1. The quantitative estimate of drug-likeness (QED) is 0.631. The second-order valence-corrected chi connectivity index (χ2v) is 8.68. The molecule has 30 heavy (non-hydrogen) atoms. The van der Waals surface area contributed by atoms with Crippen LogP contribution in [0.5, 0.6) is 5.75 Å². The van der Waals surface area contributed by atoms with Gasteiger partial charge in [-0.1, -0.05) is 23.2 Å². The van der Waals surface area contributed by atoms with Crippen LogP contribution in [0.25, 0.3) is 0 Å². The van der Waals surface area contributed by atoms with E-state index in [0.29, 0.717) is 6.20 Å². The van der Waals surface area contributed by atoms with Crippen molar-refractivity contribution < 1.29 is 36.0 Å². The minimum absolute atomic E-state index is 0.0170. The summed E-state index contributed by atoms with van der Waals surface area (Å²) in [4.78, 5) is 16.3. The van der Waals surface area contributed by atoms with E-state index in [1.54, 1.807) is 0 Å². The molecular weight excluding hydrogens is 472 g/mol. The van der Waals surface area contributed by atoms with Gasteiger partial charge in [-0.15, -0.1) is 13.2 Å². The number of methoxy groups -OCH3 is 1. The highest BCUT2D eigenvalue weighted by Crippen LogP contribution is 2.27. The Morgan fingerprint density at radius 2 is 2.00 bits per heavy atom. The van der Waals surface area contributed by atoms with E-state index < -0.39 is 33.8 Å². The molecule has 14 heteroatoms. The summed E-state index contributed by atoms with van der Waals surface area (Å²) in [5.41, 5.74) is -0.284. The largest absolute Gasteiger partial charge is 0.497 e. The number of benzene rings is 1. The Labute approximate surface area is 179 Å². The normalized spacial score (nSPS) is 19.3. The Bertz CT molecular complexity index is 1120. The molecule has 8 nitrogen and oxygen atoms in total. The van der Waals surface area contributed by atoms with Crippen LogP contribution in [0.4, 0.5) is 13.2 Å². The molecule has 1 aromatic rings. The van der Waals surface area contributed by atoms with Gasteiger partial charge in [0.15, 0.2) is 12.4 Å². The van der Waals surface area contributed by atoms with Crippen molar-refractivity contribution in [1.29, 1.82) is 0 Å². The summed E-state index contributed by atoms with van der Waals surface area (Å²) >= 11 is 11.8. The van der Waals surface area contributed by atoms with Crippen molar-refractivity contribution in [3.8, 4) is 5.75 Å². The van der Waals surface area contributed by atoms with Crippen LogP contribution in [0, 0.1) is 0 Å². The number of halogens is 5. The minimum atomic E-state index is -4.68. The molecule has 1 aromatic carbocycles. The molecule has 0 spiro atoms. The highest BCUT2D eigenvalue weighted by molar-refractivity contribution is 7.90. The van der Waals surface area contributed by atoms with Crippen molar-refractivity contribution in [3.05, 3.63) is 45.8 Å². The predicted octanol–water partition coefficient (Wildman–Crippen LogP) is 1.56. The summed E-state index contributed by atoms with van der Waals surface area (Å²) in [7, 11) is -3.11. The van der Waals surface area contributed by atoms with Crippen molar-refractivity contribution in [2.75, 3.05) is 13.8 Å². The maximum atomic E-state index is 13.0. The molecule has 1 atom stereocenters. The molecule has 0 radical (unpaired) electrons. The molecule has 0 fully saturated rings. The predicted molar refractivity (Wildman–Crippen MR) is 101 cm³/mol. The number of ether oxygens (including phenoxy) is 1.